The highest BCUT2D eigenvalue weighted by atomic mass is 16.4. The Hall–Kier alpha value is -2.04. The Balaban J connectivity index is 2.03. The van der Waals surface area contributed by atoms with E-state index in [-0.39, 0.29) is 18.5 Å². The third-order valence-electron chi connectivity index (χ3n) is 2.82. The van der Waals surface area contributed by atoms with Gasteiger partial charge in [-0.25, -0.2) is 0 Å². The zero-order valence-electron chi connectivity index (χ0n) is 9.51. The first-order valence-corrected chi connectivity index (χ1v) is 5.39. The maximum atomic E-state index is 11.9. The second kappa shape index (κ2) is 4.45. The van der Waals surface area contributed by atoms with Gasteiger partial charge in [0.25, 0.3) is 0 Å². The van der Waals surface area contributed by atoms with Gasteiger partial charge in [0.05, 0.1) is 0 Å². The predicted octanol–water partition coefficient (Wildman–Crippen LogP) is 0.566. The summed E-state index contributed by atoms with van der Waals surface area (Å²) in [6, 6.07) is 7.36. The fourth-order valence-corrected chi connectivity index (χ4v) is 1.99. The molecule has 2 rings (SSSR count). The Bertz CT molecular complexity index is 434. The lowest BCUT2D eigenvalue weighted by atomic mass is 10.1. The maximum absolute atomic E-state index is 11.9. The van der Waals surface area contributed by atoms with Crippen LogP contribution in [-0.4, -0.2) is 41.5 Å². The maximum Gasteiger partial charge on any atom is 0.323 e. The second-order valence-corrected chi connectivity index (χ2v) is 4.15. The van der Waals surface area contributed by atoms with Gasteiger partial charge in [0.2, 0.25) is 5.91 Å². The molecule has 0 saturated carbocycles. The Morgan fingerprint density at radius 3 is 2.82 bits per heavy atom. The fourth-order valence-electron chi connectivity index (χ4n) is 1.99. The highest BCUT2D eigenvalue weighted by Gasteiger charge is 2.29. The lowest BCUT2D eigenvalue weighted by Gasteiger charge is -2.19. The number of carboxylic acids is 1. The van der Waals surface area contributed by atoms with Crippen molar-refractivity contribution in [3.05, 3.63) is 29.8 Å². The predicted molar refractivity (Wildman–Crippen MR) is 62.8 cm³/mol. The number of anilines is 1. The summed E-state index contributed by atoms with van der Waals surface area (Å²) in [5.74, 6) is -1.19. The first-order chi connectivity index (χ1) is 8.08. The molecule has 0 saturated heterocycles. The summed E-state index contributed by atoms with van der Waals surface area (Å²) in [7, 11) is 1.50. The molecule has 1 atom stereocenters. The topological polar surface area (TPSA) is 69.6 Å². The van der Waals surface area contributed by atoms with Crippen molar-refractivity contribution in [2.75, 3.05) is 18.9 Å². The number of amides is 1. The van der Waals surface area contributed by atoms with Crippen molar-refractivity contribution in [3.8, 4) is 0 Å². The van der Waals surface area contributed by atoms with Crippen LogP contribution in [0.3, 0.4) is 0 Å². The van der Waals surface area contributed by atoms with Gasteiger partial charge in [-0.3, -0.25) is 9.59 Å². The van der Waals surface area contributed by atoms with Crippen LogP contribution in [0.25, 0.3) is 0 Å². The summed E-state index contributed by atoms with van der Waals surface area (Å²) in [6.45, 7) is -0.270. The van der Waals surface area contributed by atoms with E-state index >= 15 is 0 Å². The van der Waals surface area contributed by atoms with Crippen molar-refractivity contribution in [2.45, 2.75) is 12.5 Å². The number of carbonyl (C=O) groups excluding carboxylic acids is 1. The molecule has 0 aromatic heterocycles. The van der Waals surface area contributed by atoms with Crippen molar-refractivity contribution >= 4 is 17.6 Å². The number of fused-ring (bicyclic) bond motifs is 1. The number of rotatable bonds is 3. The first kappa shape index (κ1) is 11.4. The molecule has 1 unspecified atom stereocenters. The summed E-state index contributed by atoms with van der Waals surface area (Å²) >= 11 is 0. The third-order valence-corrected chi connectivity index (χ3v) is 2.82. The molecule has 0 bridgehead atoms. The van der Waals surface area contributed by atoms with E-state index in [0.717, 1.165) is 11.3 Å². The molecule has 1 aromatic carbocycles. The molecule has 0 spiro atoms. The van der Waals surface area contributed by atoms with Gasteiger partial charge in [-0.1, -0.05) is 18.2 Å². The van der Waals surface area contributed by atoms with Gasteiger partial charge in [-0.15, -0.1) is 0 Å². The number of hydrogen-bond donors (Lipinski definition) is 2. The van der Waals surface area contributed by atoms with E-state index in [0.29, 0.717) is 6.42 Å². The number of likely N-dealkylation sites (N-methyl/N-ethyl adjacent to an activating group) is 1. The Labute approximate surface area is 99.0 Å². The minimum Gasteiger partial charge on any atom is -0.480 e. The van der Waals surface area contributed by atoms with E-state index in [1.807, 2.05) is 24.3 Å². The number of carboxylic acid groups (broad SMARTS) is 1. The quantitative estimate of drug-likeness (QED) is 0.802. The number of para-hydroxylation sites is 1. The second-order valence-electron chi connectivity index (χ2n) is 4.15. The summed E-state index contributed by atoms with van der Waals surface area (Å²) < 4.78 is 0. The van der Waals surface area contributed by atoms with Crippen LogP contribution < -0.4 is 5.32 Å². The summed E-state index contributed by atoms with van der Waals surface area (Å²) in [4.78, 5) is 23.7. The van der Waals surface area contributed by atoms with Crippen LogP contribution in [0.5, 0.6) is 0 Å². The average Bonchev–Trinajstić information content (AvgIpc) is 2.70. The van der Waals surface area contributed by atoms with Crippen molar-refractivity contribution in [1.82, 2.24) is 4.90 Å². The van der Waals surface area contributed by atoms with Gasteiger partial charge in [-0.2, -0.15) is 0 Å². The van der Waals surface area contributed by atoms with Gasteiger partial charge >= 0.3 is 5.97 Å². The molecule has 5 nitrogen and oxygen atoms in total. The van der Waals surface area contributed by atoms with Crippen molar-refractivity contribution in [2.24, 2.45) is 0 Å². The molecule has 0 radical (unpaired) electrons. The fraction of sp³-hybridized carbons (Fsp3) is 0.333. The average molecular weight is 234 g/mol. The van der Waals surface area contributed by atoms with Crippen LogP contribution in [0, 0.1) is 0 Å². The number of hydrogen-bond acceptors (Lipinski definition) is 3. The molecule has 1 aromatic rings. The number of nitrogens with one attached hydrogen (secondary N) is 1. The van der Waals surface area contributed by atoms with E-state index in [1.165, 1.54) is 11.9 Å². The number of carbonyl (C=O) groups is 2. The number of benzene rings is 1. The van der Waals surface area contributed by atoms with Crippen LogP contribution in [0.1, 0.15) is 5.56 Å². The smallest absolute Gasteiger partial charge is 0.323 e. The van der Waals surface area contributed by atoms with E-state index in [9.17, 15) is 9.59 Å². The highest BCUT2D eigenvalue weighted by molar-refractivity contribution is 5.89. The molecule has 90 valence electrons. The molecular formula is C12H14N2O3. The molecule has 1 aliphatic rings. The SMILES string of the molecule is CN(CC(=O)O)C(=O)C1Cc2ccccc2N1. The Morgan fingerprint density at radius 1 is 1.47 bits per heavy atom. The molecule has 17 heavy (non-hydrogen) atoms. The lowest BCUT2D eigenvalue weighted by Crippen LogP contribution is -2.42. The number of nitrogens with zero attached hydrogens (tertiary/aromatic N) is 1. The molecule has 0 fully saturated rings. The monoisotopic (exact) mass is 234 g/mol. The van der Waals surface area contributed by atoms with E-state index in [1.54, 1.807) is 0 Å². The van der Waals surface area contributed by atoms with Crippen LogP contribution in [0.15, 0.2) is 24.3 Å². The largest absolute Gasteiger partial charge is 0.480 e. The molecule has 5 heteroatoms. The standard InChI is InChI=1S/C12H14N2O3/c1-14(7-11(15)16)12(17)10-6-8-4-2-3-5-9(8)13-10/h2-5,10,13H,6-7H2,1H3,(H,15,16). The molecule has 1 amide bonds. The third kappa shape index (κ3) is 2.38. The van der Waals surface area contributed by atoms with Crippen LogP contribution >= 0.6 is 0 Å². The van der Waals surface area contributed by atoms with E-state index < -0.39 is 5.97 Å². The van der Waals surface area contributed by atoms with Gasteiger partial charge in [0.15, 0.2) is 0 Å². The molecule has 1 heterocycles. The van der Waals surface area contributed by atoms with E-state index in [2.05, 4.69) is 5.32 Å². The zero-order valence-corrected chi connectivity index (χ0v) is 9.51. The lowest BCUT2D eigenvalue weighted by molar-refractivity contribution is -0.143. The van der Waals surface area contributed by atoms with Crippen LogP contribution in [0.2, 0.25) is 0 Å². The normalized spacial score (nSPS) is 17.1. The van der Waals surface area contributed by atoms with Gasteiger partial charge in [-0.05, 0) is 11.6 Å². The van der Waals surface area contributed by atoms with Crippen molar-refractivity contribution < 1.29 is 14.7 Å². The van der Waals surface area contributed by atoms with Crippen LogP contribution in [-0.2, 0) is 16.0 Å². The Morgan fingerprint density at radius 2 is 2.18 bits per heavy atom. The first-order valence-electron chi connectivity index (χ1n) is 5.39. The summed E-state index contributed by atoms with van der Waals surface area (Å²) in [5, 5.41) is 11.7. The van der Waals surface area contributed by atoms with Crippen LogP contribution in [0.4, 0.5) is 5.69 Å². The molecular weight excluding hydrogens is 220 g/mol. The molecule has 1 aliphatic heterocycles. The van der Waals surface area contributed by atoms with Crippen molar-refractivity contribution in [1.29, 1.82) is 0 Å². The van der Waals surface area contributed by atoms with Gasteiger partial charge < -0.3 is 15.3 Å². The number of aliphatic carboxylic acids is 1. The van der Waals surface area contributed by atoms with E-state index in [4.69, 9.17) is 5.11 Å². The van der Waals surface area contributed by atoms with Crippen molar-refractivity contribution in [3.63, 3.8) is 0 Å². The molecule has 2 N–H and O–H groups in total. The summed E-state index contributed by atoms with van der Waals surface area (Å²) in [5.41, 5.74) is 2.05. The minimum absolute atomic E-state index is 0.191. The Kier molecular flexibility index (Phi) is 2.99. The minimum atomic E-state index is -1.00. The van der Waals surface area contributed by atoms with Gasteiger partial charge in [0, 0.05) is 19.2 Å². The molecule has 0 aliphatic carbocycles. The zero-order chi connectivity index (χ0) is 12.4. The summed E-state index contributed by atoms with van der Waals surface area (Å²) in [6.07, 6.45) is 0.610. The highest BCUT2D eigenvalue weighted by Crippen LogP contribution is 2.25. The van der Waals surface area contributed by atoms with Gasteiger partial charge in [0.1, 0.15) is 12.6 Å².